The minimum Gasteiger partial charge on any atom is -0.371 e. The molecule has 1 saturated heterocycles. The third kappa shape index (κ3) is 4.41. The van der Waals surface area contributed by atoms with Gasteiger partial charge in [-0.2, -0.15) is 5.10 Å². The Kier molecular flexibility index (Phi) is 6.06. The van der Waals surface area contributed by atoms with Crippen molar-refractivity contribution in [3.05, 3.63) is 59.1 Å². The van der Waals surface area contributed by atoms with Gasteiger partial charge in [0.2, 0.25) is 0 Å². The summed E-state index contributed by atoms with van der Waals surface area (Å²) in [5.74, 6) is 0.861. The van der Waals surface area contributed by atoms with E-state index in [1.807, 2.05) is 28.4 Å². The maximum atomic E-state index is 5.64. The van der Waals surface area contributed by atoms with Crippen LogP contribution in [0.3, 0.4) is 0 Å². The van der Waals surface area contributed by atoms with Crippen molar-refractivity contribution >= 4 is 17.9 Å². The van der Waals surface area contributed by atoms with E-state index in [2.05, 4.69) is 46.1 Å². The van der Waals surface area contributed by atoms with Gasteiger partial charge in [0.15, 0.2) is 10.6 Å². The summed E-state index contributed by atoms with van der Waals surface area (Å²) in [5.41, 5.74) is 3.74. The largest absolute Gasteiger partial charge is 0.371 e. The molecule has 3 heterocycles. The first-order valence-corrected chi connectivity index (χ1v) is 10.6. The number of benzene rings is 1. The number of anilines is 1. The van der Waals surface area contributed by atoms with Gasteiger partial charge in [-0.25, -0.2) is 4.68 Å². The van der Waals surface area contributed by atoms with Gasteiger partial charge in [-0.1, -0.05) is 18.2 Å². The molecule has 0 saturated carbocycles. The summed E-state index contributed by atoms with van der Waals surface area (Å²) in [6.45, 7) is 3.81. The van der Waals surface area contributed by atoms with Gasteiger partial charge in [-0.15, -0.1) is 0 Å². The smallest absolute Gasteiger partial charge is 0.199 e. The summed E-state index contributed by atoms with van der Waals surface area (Å²) in [5, 5.41) is 4.77. The molecule has 1 fully saturated rings. The number of hydrogen-bond acceptors (Lipinski definition) is 5. The number of rotatable bonds is 6. The summed E-state index contributed by atoms with van der Waals surface area (Å²) < 4.78 is 4.57. The second-order valence-electron chi connectivity index (χ2n) is 7.73. The number of nitrogens with zero attached hydrogens (tertiary/aromatic N) is 6. The summed E-state index contributed by atoms with van der Waals surface area (Å²) in [6.07, 6.45) is 7.47. The lowest BCUT2D eigenvalue weighted by Crippen LogP contribution is -2.31. The highest BCUT2D eigenvalue weighted by atomic mass is 32.1. The van der Waals surface area contributed by atoms with Gasteiger partial charge in [-0.05, 0) is 62.3 Å². The van der Waals surface area contributed by atoms with Crippen LogP contribution in [0.5, 0.6) is 0 Å². The second kappa shape index (κ2) is 8.88. The highest BCUT2D eigenvalue weighted by molar-refractivity contribution is 7.71. The Morgan fingerprint density at radius 1 is 1.03 bits per heavy atom. The van der Waals surface area contributed by atoms with E-state index >= 15 is 0 Å². The average Bonchev–Trinajstić information content (AvgIpc) is 3.04. The third-order valence-electron chi connectivity index (χ3n) is 5.48. The van der Waals surface area contributed by atoms with Crippen LogP contribution in [-0.4, -0.2) is 44.4 Å². The molecule has 0 radical (unpaired) electrons. The Morgan fingerprint density at radius 3 is 2.52 bits per heavy atom. The van der Waals surface area contributed by atoms with Gasteiger partial charge in [0, 0.05) is 50.3 Å². The topological polar surface area (TPSA) is 42.1 Å². The molecule has 0 atom stereocenters. The SMILES string of the molecule is CN(Cc1ccccc1N1CCCCC1)Cn1nc(-c2ccncc2)n(C)c1=S. The quantitative estimate of drug-likeness (QED) is 0.575. The lowest BCUT2D eigenvalue weighted by atomic mass is 10.1. The maximum Gasteiger partial charge on any atom is 0.199 e. The zero-order valence-electron chi connectivity index (χ0n) is 17.2. The van der Waals surface area contributed by atoms with Crippen LogP contribution >= 0.6 is 12.2 Å². The number of pyridine rings is 1. The summed E-state index contributed by atoms with van der Waals surface area (Å²) in [4.78, 5) is 8.88. The van der Waals surface area contributed by atoms with E-state index in [0.717, 1.165) is 31.0 Å². The molecule has 0 aliphatic carbocycles. The van der Waals surface area contributed by atoms with Crippen LogP contribution in [0.2, 0.25) is 0 Å². The zero-order chi connectivity index (χ0) is 20.2. The number of aromatic nitrogens is 4. The molecule has 3 aromatic rings. The van der Waals surface area contributed by atoms with Crippen LogP contribution < -0.4 is 4.90 Å². The van der Waals surface area contributed by atoms with E-state index in [1.54, 1.807) is 12.4 Å². The van der Waals surface area contributed by atoms with Gasteiger partial charge in [0.05, 0.1) is 6.67 Å². The summed E-state index contributed by atoms with van der Waals surface area (Å²) in [6, 6.07) is 12.7. The average molecular weight is 409 g/mol. The normalized spacial score (nSPS) is 14.5. The molecule has 1 aliphatic heterocycles. The molecule has 1 aliphatic rings. The molecule has 0 unspecified atom stereocenters. The summed E-state index contributed by atoms with van der Waals surface area (Å²) >= 11 is 5.64. The molecule has 0 bridgehead atoms. The Hall–Kier alpha value is -2.51. The van der Waals surface area contributed by atoms with Crippen molar-refractivity contribution in [2.75, 3.05) is 25.0 Å². The van der Waals surface area contributed by atoms with Crippen LogP contribution in [0.15, 0.2) is 48.8 Å². The number of para-hydroxylation sites is 1. The van der Waals surface area contributed by atoms with Gasteiger partial charge >= 0.3 is 0 Å². The fraction of sp³-hybridized carbons (Fsp3) is 0.409. The van der Waals surface area contributed by atoms with Crippen LogP contribution in [0.4, 0.5) is 5.69 Å². The maximum absolute atomic E-state index is 5.64. The zero-order valence-corrected chi connectivity index (χ0v) is 18.0. The Bertz CT molecular complexity index is 1000. The van der Waals surface area contributed by atoms with Crippen molar-refractivity contribution in [2.24, 2.45) is 7.05 Å². The highest BCUT2D eigenvalue weighted by Crippen LogP contribution is 2.25. The van der Waals surface area contributed by atoms with Crippen molar-refractivity contribution in [1.29, 1.82) is 0 Å². The Labute approximate surface area is 177 Å². The third-order valence-corrected chi connectivity index (χ3v) is 5.97. The van der Waals surface area contributed by atoms with E-state index in [0.29, 0.717) is 11.4 Å². The van der Waals surface area contributed by atoms with Crippen molar-refractivity contribution in [3.8, 4) is 11.4 Å². The van der Waals surface area contributed by atoms with Gasteiger partial charge in [0.1, 0.15) is 0 Å². The standard InChI is InChI=1S/C22H28N6S/c1-25(16-19-8-4-5-9-20(19)27-14-6-3-7-15-27)17-28-22(29)26(2)21(24-28)18-10-12-23-13-11-18/h4-5,8-13H,3,6-7,14-17H2,1-2H3. The first-order valence-electron chi connectivity index (χ1n) is 10.2. The molecule has 0 spiro atoms. The van der Waals surface area contributed by atoms with E-state index in [4.69, 9.17) is 17.3 Å². The van der Waals surface area contributed by atoms with E-state index < -0.39 is 0 Å². The molecular formula is C22H28N6S. The predicted octanol–water partition coefficient (Wildman–Crippen LogP) is 4.09. The summed E-state index contributed by atoms with van der Waals surface area (Å²) in [7, 11) is 4.09. The minimum absolute atomic E-state index is 0.645. The van der Waals surface area contributed by atoms with E-state index in [-0.39, 0.29) is 0 Å². The molecule has 0 amide bonds. The fourth-order valence-corrected chi connectivity index (χ4v) is 4.17. The lowest BCUT2D eigenvalue weighted by molar-refractivity contribution is 0.244. The molecule has 0 N–H and O–H groups in total. The lowest BCUT2D eigenvalue weighted by Gasteiger charge is -2.31. The van der Waals surface area contributed by atoms with Gasteiger partial charge in [0.25, 0.3) is 0 Å². The first-order chi connectivity index (χ1) is 14.1. The molecule has 4 rings (SSSR count). The second-order valence-corrected chi connectivity index (χ2v) is 8.10. The fourth-order valence-electron chi connectivity index (χ4n) is 3.99. The number of piperidine rings is 1. The van der Waals surface area contributed by atoms with Crippen molar-refractivity contribution < 1.29 is 0 Å². The molecule has 7 heteroatoms. The molecule has 6 nitrogen and oxygen atoms in total. The molecular weight excluding hydrogens is 380 g/mol. The molecule has 152 valence electrons. The van der Waals surface area contributed by atoms with Gasteiger partial charge < -0.3 is 9.47 Å². The highest BCUT2D eigenvalue weighted by Gasteiger charge is 2.16. The van der Waals surface area contributed by atoms with Crippen LogP contribution in [0.25, 0.3) is 11.4 Å². The molecule has 2 aromatic heterocycles. The van der Waals surface area contributed by atoms with Crippen LogP contribution in [-0.2, 0) is 20.3 Å². The van der Waals surface area contributed by atoms with Crippen molar-refractivity contribution in [3.63, 3.8) is 0 Å². The molecule has 1 aromatic carbocycles. The minimum atomic E-state index is 0.645. The van der Waals surface area contributed by atoms with Crippen LogP contribution in [0.1, 0.15) is 24.8 Å². The Balaban J connectivity index is 1.51. The first kappa shape index (κ1) is 19.8. The van der Waals surface area contributed by atoms with E-state index in [1.165, 1.54) is 30.5 Å². The van der Waals surface area contributed by atoms with E-state index in [9.17, 15) is 0 Å². The monoisotopic (exact) mass is 408 g/mol. The van der Waals surface area contributed by atoms with Crippen LogP contribution in [0, 0.1) is 4.77 Å². The Morgan fingerprint density at radius 2 is 1.76 bits per heavy atom. The van der Waals surface area contributed by atoms with Gasteiger partial charge in [-0.3, -0.25) is 9.88 Å². The van der Waals surface area contributed by atoms with Crippen molar-refractivity contribution in [2.45, 2.75) is 32.5 Å². The number of hydrogen-bond donors (Lipinski definition) is 0. The predicted molar refractivity (Wildman–Crippen MR) is 119 cm³/mol. The molecule has 29 heavy (non-hydrogen) atoms. The van der Waals surface area contributed by atoms with Crippen molar-refractivity contribution in [1.82, 2.24) is 24.2 Å².